The third kappa shape index (κ3) is 4.91. The fraction of sp³-hybridized carbons (Fsp3) is 0.500. The summed E-state index contributed by atoms with van der Waals surface area (Å²) in [5.41, 5.74) is 2.15. The van der Waals surface area contributed by atoms with Gasteiger partial charge in [0.2, 0.25) is 5.89 Å². The normalized spacial score (nSPS) is 11.3. The molecule has 6 nitrogen and oxygen atoms in total. The van der Waals surface area contributed by atoms with Crippen molar-refractivity contribution < 1.29 is 18.8 Å². The fourth-order valence-electron chi connectivity index (χ4n) is 2.15. The Bertz CT molecular complexity index is 546. The van der Waals surface area contributed by atoms with E-state index >= 15 is 0 Å². The molecule has 0 aliphatic carbocycles. The summed E-state index contributed by atoms with van der Waals surface area (Å²) in [6, 6.07) is 8.06. The molecule has 0 bridgehead atoms. The molecule has 0 aliphatic rings. The van der Waals surface area contributed by atoms with Crippen LogP contribution >= 0.6 is 0 Å². The molecule has 0 radical (unpaired) electrons. The maximum atomic E-state index is 5.78. The van der Waals surface area contributed by atoms with Crippen molar-refractivity contribution in [2.24, 2.45) is 0 Å². The molecule has 0 fully saturated rings. The molecule has 120 valence electrons. The first-order chi connectivity index (χ1) is 10.7. The number of aryl methyl sites for hydroxylation is 1. The van der Waals surface area contributed by atoms with Crippen LogP contribution in [0.1, 0.15) is 11.5 Å². The third-order valence-corrected chi connectivity index (χ3v) is 3.49. The zero-order valence-corrected chi connectivity index (χ0v) is 13.5. The predicted octanol–water partition coefficient (Wildman–Crippen LogP) is 0.723. The van der Waals surface area contributed by atoms with Crippen LogP contribution in [0.3, 0.4) is 0 Å². The van der Waals surface area contributed by atoms with Gasteiger partial charge >= 0.3 is 0 Å². The van der Waals surface area contributed by atoms with Crippen LogP contribution in [0.15, 0.2) is 28.7 Å². The maximum Gasteiger partial charge on any atom is 0.271 e. The second-order valence-corrected chi connectivity index (χ2v) is 5.28. The molecule has 2 rings (SSSR count). The highest BCUT2D eigenvalue weighted by Crippen LogP contribution is 2.17. The molecule has 1 heterocycles. The summed E-state index contributed by atoms with van der Waals surface area (Å²) in [5, 5.41) is 8.29. The molecular formula is C16H24N3O3+. The first-order valence-corrected chi connectivity index (χ1v) is 7.43. The van der Waals surface area contributed by atoms with Gasteiger partial charge in [0.25, 0.3) is 5.89 Å². The van der Waals surface area contributed by atoms with Crippen molar-refractivity contribution in [1.82, 2.24) is 10.2 Å². The zero-order valence-electron chi connectivity index (χ0n) is 13.5. The van der Waals surface area contributed by atoms with Gasteiger partial charge in [-0.1, -0.05) is 17.7 Å². The highest BCUT2D eigenvalue weighted by atomic mass is 16.5. The molecule has 1 aromatic heterocycles. The molecule has 1 aromatic carbocycles. The average Bonchev–Trinajstić information content (AvgIpc) is 2.99. The van der Waals surface area contributed by atoms with E-state index in [9.17, 15) is 0 Å². The second kappa shape index (κ2) is 8.63. The van der Waals surface area contributed by atoms with Crippen molar-refractivity contribution in [3.05, 3.63) is 35.7 Å². The smallest absolute Gasteiger partial charge is 0.271 e. The van der Waals surface area contributed by atoms with Gasteiger partial charge in [0, 0.05) is 19.8 Å². The van der Waals surface area contributed by atoms with E-state index in [1.54, 1.807) is 14.2 Å². The highest BCUT2D eigenvalue weighted by Gasteiger charge is 2.15. The Hall–Kier alpha value is -1.76. The molecular weight excluding hydrogens is 282 g/mol. The molecule has 0 unspecified atom stereocenters. The number of hydrogen-bond donors (Lipinski definition) is 1. The summed E-state index contributed by atoms with van der Waals surface area (Å²) in [5.74, 6) is 1.20. The van der Waals surface area contributed by atoms with Crippen molar-refractivity contribution >= 4 is 0 Å². The largest absolute Gasteiger partial charge is 0.415 e. The maximum absolute atomic E-state index is 5.78. The summed E-state index contributed by atoms with van der Waals surface area (Å²) in [6.07, 6.45) is 0. The minimum absolute atomic E-state index is 0.563. The number of quaternary nitrogens is 1. The summed E-state index contributed by atoms with van der Waals surface area (Å²) in [7, 11) is 3.41. The lowest BCUT2D eigenvalue weighted by molar-refractivity contribution is -0.915. The molecule has 0 atom stereocenters. The Labute approximate surface area is 131 Å². The minimum Gasteiger partial charge on any atom is -0.415 e. The highest BCUT2D eigenvalue weighted by molar-refractivity contribution is 5.52. The standard InChI is InChI=1S/C16H23N3O3/c1-13-4-6-14(7-5-13)16-18-17-15(22-16)12-19(8-10-20-2)9-11-21-3/h4-7H,8-12H2,1-3H3/p+1. The Morgan fingerprint density at radius 3 is 2.23 bits per heavy atom. The van der Waals surface area contributed by atoms with Gasteiger partial charge in [0.15, 0.2) is 6.54 Å². The van der Waals surface area contributed by atoms with E-state index < -0.39 is 0 Å². The first kappa shape index (κ1) is 16.6. The lowest BCUT2D eigenvalue weighted by Crippen LogP contribution is -3.11. The van der Waals surface area contributed by atoms with Crippen molar-refractivity contribution in [2.75, 3.05) is 40.5 Å². The van der Waals surface area contributed by atoms with Gasteiger partial charge in [0.1, 0.15) is 13.1 Å². The number of benzene rings is 1. The molecule has 0 saturated heterocycles. The van der Waals surface area contributed by atoms with E-state index in [1.165, 1.54) is 10.5 Å². The Kier molecular flexibility index (Phi) is 6.51. The van der Waals surface area contributed by atoms with Gasteiger partial charge in [0.05, 0.1) is 13.2 Å². The van der Waals surface area contributed by atoms with Crippen LogP contribution in [0.2, 0.25) is 0 Å². The van der Waals surface area contributed by atoms with Gasteiger partial charge in [-0.3, -0.25) is 0 Å². The molecule has 1 N–H and O–H groups in total. The van der Waals surface area contributed by atoms with Crippen molar-refractivity contribution in [3.8, 4) is 11.5 Å². The van der Waals surface area contributed by atoms with Crippen LogP contribution in [0.25, 0.3) is 11.5 Å². The Balaban J connectivity index is 2.00. The monoisotopic (exact) mass is 306 g/mol. The number of hydrogen-bond acceptors (Lipinski definition) is 5. The van der Waals surface area contributed by atoms with E-state index in [-0.39, 0.29) is 0 Å². The molecule has 6 heteroatoms. The summed E-state index contributed by atoms with van der Waals surface area (Å²) in [6.45, 7) is 5.86. The van der Waals surface area contributed by atoms with Crippen molar-refractivity contribution in [1.29, 1.82) is 0 Å². The number of nitrogens with zero attached hydrogens (tertiary/aromatic N) is 2. The van der Waals surface area contributed by atoms with Crippen LogP contribution in [0, 0.1) is 6.92 Å². The topological polar surface area (TPSA) is 61.8 Å². The van der Waals surface area contributed by atoms with E-state index in [1.807, 2.05) is 24.3 Å². The van der Waals surface area contributed by atoms with Crippen molar-refractivity contribution in [2.45, 2.75) is 13.5 Å². The Morgan fingerprint density at radius 2 is 1.64 bits per heavy atom. The van der Waals surface area contributed by atoms with Crippen LogP contribution in [-0.4, -0.2) is 50.7 Å². The van der Waals surface area contributed by atoms with Gasteiger partial charge < -0.3 is 18.8 Å². The van der Waals surface area contributed by atoms with Gasteiger partial charge in [-0.05, 0) is 19.1 Å². The average molecular weight is 306 g/mol. The van der Waals surface area contributed by atoms with Crippen molar-refractivity contribution in [3.63, 3.8) is 0 Å². The SMILES string of the molecule is COCC[NH+](CCOC)Cc1nnc(-c2ccc(C)cc2)o1. The third-order valence-electron chi connectivity index (χ3n) is 3.49. The minimum atomic E-state index is 0.563. The van der Waals surface area contributed by atoms with Crippen LogP contribution < -0.4 is 4.90 Å². The molecule has 2 aromatic rings. The van der Waals surface area contributed by atoms with Gasteiger partial charge in [-0.25, -0.2) is 0 Å². The lowest BCUT2D eigenvalue weighted by Gasteiger charge is -2.16. The molecule has 0 spiro atoms. The van der Waals surface area contributed by atoms with E-state index in [0.29, 0.717) is 31.5 Å². The molecule has 0 amide bonds. The Morgan fingerprint density at radius 1 is 1.00 bits per heavy atom. The van der Waals surface area contributed by atoms with Gasteiger partial charge in [-0.2, -0.15) is 0 Å². The number of aromatic nitrogens is 2. The van der Waals surface area contributed by atoms with Crippen LogP contribution in [-0.2, 0) is 16.0 Å². The zero-order chi connectivity index (χ0) is 15.8. The number of nitrogens with one attached hydrogen (secondary N) is 1. The second-order valence-electron chi connectivity index (χ2n) is 5.28. The number of rotatable bonds is 9. The number of ether oxygens (including phenoxy) is 2. The molecule has 0 saturated carbocycles. The van der Waals surface area contributed by atoms with Crippen LogP contribution in [0.4, 0.5) is 0 Å². The summed E-state index contributed by atoms with van der Waals surface area (Å²) >= 11 is 0. The number of methoxy groups -OCH3 is 2. The van der Waals surface area contributed by atoms with Crippen LogP contribution in [0.5, 0.6) is 0 Å². The predicted molar refractivity (Wildman–Crippen MR) is 82.6 cm³/mol. The summed E-state index contributed by atoms with van der Waals surface area (Å²) in [4.78, 5) is 1.29. The quantitative estimate of drug-likeness (QED) is 0.740. The summed E-state index contributed by atoms with van der Waals surface area (Å²) < 4.78 is 16.1. The molecule has 0 aliphatic heterocycles. The lowest BCUT2D eigenvalue weighted by atomic mass is 10.1. The molecule has 22 heavy (non-hydrogen) atoms. The first-order valence-electron chi connectivity index (χ1n) is 7.43. The fourth-order valence-corrected chi connectivity index (χ4v) is 2.15. The van der Waals surface area contributed by atoms with Gasteiger partial charge in [-0.15, -0.1) is 10.2 Å². The van der Waals surface area contributed by atoms with E-state index in [0.717, 1.165) is 18.7 Å². The van der Waals surface area contributed by atoms with E-state index in [2.05, 4.69) is 17.1 Å². The van der Waals surface area contributed by atoms with E-state index in [4.69, 9.17) is 13.9 Å².